The van der Waals surface area contributed by atoms with E-state index in [0.29, 0.717) is 6.42 Å². The Hall–Kier alpha value is -1.17. The number of nitrogens with zero attached hydrogens (tertiary/aromatic N) is 2. The first-order chi connectivity index (χ1) is 8.99. The first-order valence-electron chi connectivity index (χ1n) is 6.50. The van der Waals surface area contributed by atoms with E-state index in [1.165, 1.54) is 19.7 Å². The molecule has 0 fully saturated rings. The predicted molar refractivity (Wildman–Crippen MR) is 77.6 cm³/mol. The highest BCUT2D eigenvalue weighted by Crippen LogP contribution is 2.06. The smallest absolute Gasteiger partial charge is 0.274 e. The van der Waals surface area contributed by atoms with E-state index in [9.17, 15) is 14.4 Å². The van der Waals surface area contributed by atoms with Crippen molar-refractivity contribution in [2.45, 2.75) is 45.4 Å². The topological polar surface area (TPSA) is 61.1 Å². The van der Waals surface area contributed by atoms with Gasteiger partial charge in [-0.1, -0.05) is 32.6 Å². The van der Waals surface area contributed by atoms with Gasteiger partial charge in [0.25, 0.3) is 5.56 Å². The van der Waals surface area contributed by atoms with Crippen molar-refractivity contribution in [2.75, 3.05) is 0 Å². The van der Waals surface area contributed by atoms with E-state index < -0.39 is 11.2 Å². The first kappa shape index (κ1) is 15.9. The zero-order valence-corrected chi connectivity index (χ0v) is 12.9. The summed E-state index contributed by atoms with van der Waals surface area (Å²) in [6, 6.07) is 0. The van der Waals surface area contributed by atoms with E-state index in [1.54, 1.807) is 0 Å². The highest BCUT2D eigenvalue weighted by atomic mass is 79.9. The van der Waals surface area contributed by atoms with Crippen molar-refractivity contribution < 1.29 is 4.79 Å². The molecule has 0 bridgehead atoms. The van der Waals surface area contributed by atoms with Crippen molar-refractivity contribution >= 4 is 21.8 Å². The van der Waals surface area contributed by atoms with Crippen molar-refractivity contribution in [2.24, 2.45) is 7.05 Å². The molecule has 106 valence electrons. The fourth-order valence-corrected chi connectivity index (χ4v) is 2.28. The largest absolute Gasteiger partial charge is 0.337 e. The first-order valence-corrected chi connectivity index (χ1v) is 7.29. The number of aromatic nitrogens is 2. The Balaban J connectivity index is 2.73. The average Bonchev–Trinajstić information content (AvgIpc) is 2.40. The summed E-state index contributed by atoms with van der Waals surface area (Å²) in [5.41, 5.74) is -1.02. The van der Waals surface area contributed by atoms with Gasteiger partial charge in [0.05, 0.1) is 4.47 Å². The normalized spacial score (nSPS) is 10.7. The third-order valence-electron chi connectivity index (χ3n) is 3.01. The predicted octanol–water partition coefficient (Wildman–Crippen LogP) is 2.31. The summed E-state index contributed by atoms with van der Waals surface area (Å²) in [6.07, 6.45) is 6.77. The molecule has 0 aliphatic carbocycles. The van der Waals surface area contributed by atoms with Gasteiger partial charge in [0.1, 0.15) is 0 Å². The summed E-state index contributed by atoms with van der Waals surface area (Å²) in [7, 11) is 1.36. The fraction of sp³-hybridized carbons (Fsp3) is 0.615. The quantitative estimate of drug-likeness (QED) is 0.752. The number of unbranched alkanes of at least 4 members (excludes halogenated alkanes) is 4. The molecular formula is C13H19BrN2O3. The van der Waals surface area contributed by atoms with Gasteiger partial charge in [0, 0.05) is 19.7 Å². The van der Waals surface area contributed by atoms with Crippen LogP contribution in [-0.2, 0) is 7.05 Å². The van der Waals surface area contributed by atoms with Crippen molar-refractivity contribution in [3.8, 4) is 0 Å². The van der Waals surface area contributed by atoms with E-state index in [2.05, 4.69) is 22.9 Å². The van der Waals surface area contributed by atoms with E-state index in [-0.39, 0.29) is 10.4 Å². The molecule has 0 aliphatic rings. The third-order valence-corrected chi connectivity index (χ3v) is 3.55. The summed E-state index contributed by atoms with van der Waals surface area (Å²) in [6.45, 7) is 2.13. The lowest BCUT2D eigenvalue weighted by atomic mass is 10.1. The van der Waals surface area contributed by atoms with Gasteiger partial charge in [-0.05, 0) is 22.4 Å². The highest BCUT2D eigenvalue weighted by molar-refractivity contribution is 9.10. The molecule has 1 aromatic rings. The summed E-state index contributed by atoms with van der Waals surface area (Å²) in [4.78, 5) is 35.2. The number of carbonyl (C=O) groups excluding carboxylic acids is 1. The molecule has 0 atom stereocenters. The second-order valence-electron chi connectivity index (χ2n) is 4.55. The van der Waals surface area contributed by atoms with Crippen molar-refractivity contribution in [1.82, 2.24) is 9.13 Å². The number of hydrogen-bond donors (Lipinski definition) is 0. The molecule has 0 N–H and O–H groups in total. The highest BCUT2D eigenvalue weighted by Gasteiger charge is 2.12. The molecule has 5 nitrogen and oxygen atoms in total. The molecule has 1 heterocycles. The van der Waals surface area contributed by atoms with E-state index in [4.69, 9.17) is 0 Å². The molecule has 0 saturated heterocycles. The van der Waals surface area contributed by atoms with Crippen molar-refractivity contribution in [3.63, 3.8) is 0 Å². The minimum Gasteiger partial charge on any atom is -0.274 e. The van der Waals surface area contributed by atoms with Crippen LogP contribution in [-0.4, -0.2) is 15.0 Å². The SMILES string of the molecule is CCCCCCCC(=O)n1cc(Br)c(=O)n(C)c1=O. The Morgan fingerprint density at radius 1 is 1.21 bits per heavy atom. The average molecular weight is 331 g/mol. The Bertz CT molecular complexity index is 560. The van der Waals surface area contributed by atoms with Crippen molar-refractivity contribution in [1.29, 1.82) is 0 Å². The second kappa shape index (κ2) is 7.43. The Morgan fingerprint density at radius 2 is 1.84 bits per heavy atom. The maximum atomic E-state index is 11.9. The lowest BCUT2D eigenvalue weighted by Gasteiger charge is -2.07. The molecule has 0 spiro atoms. The Morgan fingerprint density at radius 3 is 2.47 bits per heavy atom. The van der Waals surface area contributed by atoms with Crippen LogP contribution in [0.4, 0.5) is 0 Å². The van der Waals surface area contributed by atoms with Gasteiger partial charge in [0.15, 0.2) is 0 Å². The molecule has 0 aromatic carbocycles. The van der Waals surface area contributed by atoms with Crippen molar-refractivity contribution in [3.05, 3.63) is 31.5 Å². The lowest BCUT2D eigenvalue weighted by Crippen LogP contribution is -2.40. The molecule has 0 saturated carbocycles. The zero-order valence-electron chi connectivity index (χ0n) is 11.3. The molecule has 0 unspecified atom stereocenters. The summed E-state index contributed by atoms with van der Waals surface area (Å²) in [5, 5.41) is 0. The molecular weight excluding hydrogens is 312 g/mol. The summed E-state index contributed by atoms with van der Waals surface area (Å²) < 4.78 is 2.15. The molecule has 0 amide bonds. The summed E-state index contributed by atoms with van der Waals surface area (Å²) >= 11 is 3.06. The van der Waals surface area contributed by atoms with Crippen LogP contribution in [0.1, 0.15) is 50.2 Å². The molecule has 0 radical (unpaired) electrons. The zero-order chi connectivity index (χ0) is 14.4. The van der Waals surface area contributed by atoms with Gasteiger partial charge in [-0.2, -0.15) is 0 Å². The standard InChI is InChI=1S/C13H19BrN2O3/c1-3-4-5-6-7-8-11(17)16-9-10(14)12(18)15(2)13(16)19/h9H,3-8H2,1-2H3. The lowest BCUT2D eigenvalue weighted by molar-refractivity contribution is 0.0890. The minimum absolute atomic E-state index is 0.217. The van der Waals surface area contributed by atoms with Gasteiger partial charge in [-0.15, -0.1) is 0 Å². The number of halogens is 1. The number of rotatable bonds is 6. The van der Waals surface area contributed by atoms with Gasteiger partial charge >= 0.3 is 5.69 Å². The van der Waals surface area contributed by atoms with Crippen LogP contribution in [0, 0.1) is 0 Å². The second-order valence-corrected chi connectivity index (χ2v) is 5.41. The number of carbonyl (C=O) groups is 1. The minimum atomic E-state index is -0.591. The molecule has 1 aromatic heterocycles. The van der Waals surface area contributed by atoms with Gasteiger partial charge in [-0.3, -0.25) is 14.2 Å². The number of hydrogen-bond acceptors (Lipinski definition) is 3. The maximum Gasteiger partial charge on any atom is 0.337 e. The van der Waals surface area contributed by atoms with Crippen LogP contribution in [0.5, 0.6) is 0 Å². The Labute approximate surface area is 120 Å². The van der Waals surface area contributed by atoms with E-state index in [1.807, 2.05) is 0 Å². The van der Waals surface area contributed by atoms with Gasteiger partial charge in [-0.25, -0.2) is 9.36 Å². The van der Waals surface area contributed by atoms with Crippen LogP contribution in [0.2, 0.25) is 0 Å². The van der Waals surface area contributed by atoms with E-state index in [0.717, 1.165) is 34.8 Å². The van der Waals surface area contributed by atoms with E-state index >= 15 is 0 Å². The van der Waals surface area contributed by atoms with Gasteiger partial charge < -0.3 is 0 Å². The Kier molecular flexibility index (Phi) is 6.21. The fourth-order valence-electron chi connectivity index (χ4n) is 1.81. The van der Waals surface area contributed by atoms with Crippen LogP contribution >= 0.6 is 15.9 Å². The summed E-state index contributed by atoms with van der Waals surface area (Å²) in [5.74, 6) is -0.266. The third kappa shape index (κ3) is 4.16. The molecule has 0 aliphatic heterocycles. The van der Waals surface area contributed by atoms with Crippen LogP contribution in [0.3, 0.4) is 0 Å². The van der Waals surface area contributed by atoms with Crippen LogP contribution in [0.15, 0.2) is 20.3 Å². The maximum absolute atomic E-state index is 11.9. The molecule has 1 rings (SSSR count). The van der Waals surface area contributed by atoms with Crippen LogP contribution in [0.25, 0.3) is 0 Å². The molecule has 19 heavy (non-hydrogen) atoms. The molecule has 6 heteroatoms. The monoisotopic (exact) mass is 330 g/mol. The van der Waals surface area contributed by atoms with Crippen LogP contribution < -0.4 is 11.2 Å². The van der Waals surface area contributed by atoms with Gasteiger partial charge in [0.2, 0.25) is 5.91 Å².